The number of hydrogen-bond acceptors (Lipinski definition) is 4. The van der Waals surface area contributed by atoms with E-state index in [1.54, 1.807) is 0 Å². The van der Waals surface area contributed by atoms with Crippen molar-refractivity contribution < 1.29 is 4.79 Å². The number of para-hydroxylation sites is 2. The van der Waals surface area contributed by atoms with E-state index in [4.69, 9.17) is 0 Å². The summed E-state index contributed by atoms with van der Waals surface area (Å²) in [5.41, 5.74) is 10.1. The van der Waals surface area contributed by atoms with Gasteiger partial charge in [0.25, 0.3) is 0 Å². The minimum Gasteiger partial charge on any atom is -0.361 e. The lowest BCUT2D eigenvalue weighted by Crippen LogP contribution is -2.31. The number of rotatable bonds is 5. The van der Waals surface area contributed by atoms with Crippen molar-refractivity contribution in [2.24, 2.45) is 0 Å². The van der Waals surface area contributed by atoms with Crippen LogP contribution in [0, 0.1) is 17.4 Å². The summed E-state index contributed by atoms with van der Waals surface area (Å²) in [4.78, 5) is 16.1. The normalized spacial score (nSPS) is 15.0. The molecule has 246 valence electrons. The van der Waals surface area contributed by atoms with E-state index >= 15 is 0 Å². The van der Waals surface area contributed by atoms with E-state index in [0.717, 1.165) is 52.7 Å². The first-order valence-corrected chi connectivity index (χ1v) is 16.8. The first-order chi connectivity index (χ1) is 23.5. The molecule has 0 fully saturated rings. The predicted octanol–water partition coefficient (Wildman–Crippen LogP) is 8.85. The van der Waals surface area contributed by atoms with Crippen molar-refractivity contribution in [3.63, 3.8) is 0 Å². The maximum atomic E-state index is 13.8. The van der Waals surface area contributed by atoms with Crippen molar-refractivity contribution in [3.8, 4) is 0 Å². The van der Waals surface area contributed by atoms with Crippen LogP contribution in [0.5, 0.6) is 0 Å². The third-order valence-corrected chi connectivity index (χ3v) is 9.50. The molecule has 8 rings (SSSR count). The van der Waals surface area contributed by atoms with E-state index in [1.807, 2.05) is 66.9 Å². The molecule has 5 heteroatoms. The first kappa shape index (κ1) is 33.7. The molecule has 1 unspecified atom stereocenters. The third kappa shape index (κ3) is 7.03. The zero-order valence-corrected chi connectivity index (χ0v) is 29.1. The fraction of sp³-hybridized carbons (Fsp3) is 0.159. The Bertz CT molecular complexity index is 2290. The summed E-state index contributed by atoms with van der Waals surface area (Å²) in [6.07, 6.45) is 13.2. The molecular formula is C44H42ClN3O. The number of nitrogens with one attached hydrogen (secondary N) is 2. The fourth-order valence-corrected chi connectivity index (χ4v) is 7.02. The minimum atomic E-state index is 0. The largest absolute Gasteiger partial charge is 0.361 e. The van der Waals surface area contributed by atoms with Crippen LogP contribution in [0.4, 0.5) is 17.1 Å². The van der Waals surface area contributed by atoms with Crippen LogP contribution in [-0.4, -0.2) is 24.8 Å². The molecule has 0 saturated carbocycles. The maximum absolute atomic E-state index is 13.8. The summed E-state index contributed by atoms with van der Waals surface area (Å²) < 4.78 is 0. The van der Waals surface area contributed by atoms with Gasteiger partial charge in [-0.05, 0) is 126 Å². The zero-order valence-electron chi connectivity index (χ0n) is 28.2. The molecule has 0 radical (unpaired) electrons. The molecule has 0 aromatic heterocycles. The molecule has 1 aliphatic heterocycles. The second-order valence-electron chi connectivity index (χ2n) is 12.8. The number of allylic oxidation sites excluding steroid dienone is 2. The summed E-state index contributed by atoms with van der Waals surface area (Å²) in [5, 5.41) is 11.7. The second-order valence-corrected chi connectivity index (χ2v) is 12.8. The van der Waals surface area contributed by atoms with Crippen LogP contribution in [0.2, 0.25) is 0 Å². The van der Waals surface area contributed by atoms with Crippen molar-refractivity contribution in [2.45, 2.75) is 32.2 Å². The van der Waals surface area contributed by atoms with Crippen molar-refractivity contribution in [2.75, 3.05) is 24.7 Å². The van der Waals surface area contributed by atoms with Gasteiger partial charge >= 0.3 is 0 Å². The topological polar surface area (TPSA) is 44.4 Å². The molecular weight excluding hydrogens is 622 g/mol. The summed E-state index contributed by atoms with van der Waals surface area (Å²) in [6, 6.07) is 37.6. The number of aryl methyl sites for hydroxylation is 1. The number of carbonyl (C=O) groups is 1. The van der Waals surface area contributed by atoms with Crippen LogP contribution in [0.15, 0.2) is 128 Å². The molecule has 3 aliphatic rings. The van der Waals surface area contributed by atoms with Crippen molar-refractivity contribution in [1.82, 2.24) is 4.90 Å². The Balaban J connectivity index is 0.000000294. The molecule has 5 aromatic rings. The van der Waals surface area contributed by atoms with Crippen LogP contribution < -0.4 is 21.1 Å². The van der Waals surface area contributed by atoms with Gasteiger partial charge in [-0.3, -0.25) is 9.69 Å². The monoisotopic (exact) mass is 663 g/mol. The molecule has 5 aromatic carbocycles. The lowest BCUT2D eigenvalue weighted by Gasteiger charge is -2.29. The van der Waals surface area contributed by atoms with Gasteiger partial charge in [-0.15, -0.1) is 12.4 Å². The Morgan fingerprint density at radius 1 is 0.776 bits per heavy atom. The number of anilines is 3. The van der Waals surface area contributed by atoms with Crippen molar-refractivity contribution >= 4 is 53.0 Å². The van der Waals surface area contributed by atoms with Crippen molar-refractivity contribution in [1.29, 1.82) is 0 Å². The van der Waals surface area contributed by atoms with E-state index < -0.39 is 0 Å². The summed E-state index contributed by atoms with van der Waals surface area (Å²) >= 11 is 0. The highest BCUT2D eigenvalue weighted by Crippen LogP contribution is 2.30. The van der Waals surface area contributed by atoms with E-state index in [9.17, 15) is 4.79 Å². The van der Waals surface area contributed by atoms with E-state index in [0.29, 0.717) is 0 Å². The van der Waals surface area contributed by atoms with Crippen LogP contribution >= 0.6 is 12.4 Å². The number of carbonyl (C=O) groups excluding carboxylic acids is 1. The number of Topliss-reactive ketones (excluding diaryl/α,β-unsaturated/α-hetero) is 1. The third-order valence-electron chi connectivity index (χ3n) is 9.50. The molecule has 0 saturated heterocycles. The zero-order chi connectivity index (χ0) is 33.0. The number of nitrogens with zero attached hydrogens (tertiary/aromatic N) is 1. The Kier molecular flexibility index (Phi) is 10.3. The van der Waals surface area contributed by atoms with E-state index in [2.05, 4.69) is 109 Å². The molecule has 1 atom stereocenters. The molecule has 0 bridgehead atoms. The number of halogens is 1. The van der Waals surface area contributed by atoms with Gasteiger partial charge in [-0.2, -0.15) is 0 Å². The molecule has 49 heavy (non-hydrogen) atoms. The molecule has 0 spiro atoms. The van der Waals surface area contributed by atoms with Gasteiger partial charge in [-0.25, -0.2) is 0 Å². The first-order valence-electron chi connectivity index (χ1n) is 16.8. The SMILES string of the molecule is C1=CNc2ccccc2C=C1.Cc1ccccc1Nc1ccc(C(=O)C2=c3ccc4c(c3CCC2)C(N(C)C)C=c2ccccc2=4)cc1.Cl. The average Bonchev–Trinajstić information content (AvgIpc) is 3.38. The summed E-state index contributed by atoms with van der Waals surface area (Å²) in [6.45, 7) is 2.09. The highest BCUT2D eigenvalue weighted by Gasteiger charge is 2.25. The lowest BCUT2D eigenvalue weighted by molar-refractivity contribution is 0.105. The van der Waals surface area contributed by atoms with Crippen LogP contribution in [0.25, 0.3) is 17.7 Å². The van der Waals surface area contributed by atoms with Gasteiger partial charge in [0.1, 0.15) is 0 Å². The van der Waals surface area contributed by atoms with Crippen LogP contribution in [0.1, 0.15) is 51.5 Å². The van der Waals surface area contributed by atoms with Crippen LogP contribution in [0.3, 0.4) is 0 Å². The van der Waals surface area contributed by atoms with Gasteiger partial charge < -0.3 is 10.6 Å². The average molecular weight is 664 g/mol. The summed E-state index contributed by atoms with van der Waals surface area (Å²) in [5.74, 6) is 0.143. The molecule has 2 aliphatic carbocycles. The number of fused-ring (bicyclic) bond motifs is 5. The van der Waals surface area contributed by atoms with Crippen molar-refractivity contribution in [3.05, 3.63) is 176 Å². The Morgan fingerprint density at radius 3 is 2.33 bits per heavy atom. The van der Waals surface area contributed by atoms with Gasteiger partial charge in [0.15, 0.2) is 5.78 Å². The molecule has 4 nitrogen and oxygen atoms in total. The number of ketones is 1. The Hall–Kier alpha value is -5.16. The van der Waals surface area contributed by atoms with Crippen LogP contribution in [-0.2, 0) is 6.42 Å². The van der Waals surface area contributed by atoms with Gasteiger partial charge in [0, 0.05) is 34.4 Å². The molecule has 1 heterocycles. The molecule has 0 amide bonds. The highest BCUT2D eigenvalue weighted by molar-refractivity contribution is 6.24. The fourth-order valence-electron chi connectivity index (χ4n) is 7.02. The molecule has 2 N–H and O–H groups in total. The smallest absolute Gasteiger partial charge is 0.189 e. The quantitative estimate of drug-likeness (QED) is 0.185. The number of benzene rings is 5. The minimum absolute atomic E-state index is 0. The van der Waals surface area contributed by atoms with Gasteiger partial charge in [0.2, 0.25) is 0 Å². The Labute approximate surface area is 294 Å². The standard InChI is InChI=1S/C34H32N2O.C10H9N.ClH/c1-22-9-4-7-14-31(22)35-25-17-15-23(16-18-25)34(37)30-13-8-12-28-27(30)19-20-29-26-11-6-5-10-24(26)21-32(33(28)29)36(2)3;1-2-7-10-9(5-1)6-3-4-8-11-10;/h4-7,9-11,14-21,32,35H,8,12-13H2,1-3H3;1-8,11H;1H. The Morgan fingerprint density at radius 2 is 1.51 bits per heavy atom. The predicted molar refractivity (Wildman–Crippen MR) is 208 cm³/mol. The van der Waals surface area contributed by atoms with Gasteiger partial charge in [-0.1, -0.05) is 91.0 Å². The van der Waals surface area contributed by atoms with Gasteiger partial charge in [0.05, 0.1) is 6.04 Å². The lowest BCUT2D eigenvalue weighted by atomic mass is 9.82. The second kappa shape index (κ2) is 14.9. The number of hydrogen-bond donors (Lipinski definition) is 2. The summed E-state index contributed by atoms with van der Waals surface area (Å²) in [7, 11) is 4.28. The highest BCUT2D eigenvalue weighted by atomic mass is 35.5. The maximum Gasteiger partial charge on any atom is 0.189 e. The van der Waals surface area contributed by atoms with E-state index in [-0.39, 0.29) is 24.2 Å². The van der Waals surface area contributed by atoms with E-state index in [1.165, 1.54) is 37.9 Å².